The van der Waals surface area contributed by atoms with Crippen LogP contribution in [0.2, 0.25) is 0 Å². The van der Waals surface area contributed by atoms with Crippen LogP contribution in [0.4, 0.5) is 5.69 Å². The number of nitrogens with zero attached hydrogens (tertiary/aromatic N) is 5. The van der Waals surface area contributed by atoms with Gasteiger partial charge in [0.05, 0.1) is 22.3 Å². The first-order chi connectivity index (χ1) is 20.9. The number of amides is 1. The molecule has 5 aromatic rings. The number of piperazine rings is 1. The molecule has 0 aliphatic carbocycles. The number of carbonyl (C=O) groups is 1. The van der Waals surface area contributed by atoms with Crippen LogP contribution < -0.4 is 0 Å². The van der Waals surface area contributed by atoms with Crippen LogP contribution in [-0.4, -0.2) is 56.6 Å². The predicted molar refractivity (Wildman–Crippen MR) is 167 cm³/mol. The van der Waals surface area contributed by atoms with Crippen LogP contribution in [-0.2, 0) is 0 Å². The number of hydrogen-bond acceptors (Lipinski definition) is 5. The van der Waals surface area contributed by atoms with Crippen LogP contribution in [0.1, 0.15) is 38.8 Å². The SMILES string of the molecule is Cc1ccc(C)c(-n2nc(-c3ccc([N+](=O)[O-])cc3)cc2C(=O)N2CCN(C(c3ccccc3)c3ccccc3)CC2)c1. The van der Waals surface area contributed by atoms with E-state index in [2.05, 4.69) is 53.4 Å². The Morgan fingerprint density at radius 3 is 1.98 bits per heavy atom. The summed E-state index contributed by atoms with van der Waals surface area (Å²) in [7, 11) is 0. The molecule has 1 aliphatic rings. The highest BCUT2D eigenvalue weighted by Crippen LogP contribution is 2.31. The first kappa shape index (κ1) is 28.1. The highest BCUT2D eigenvalue weighted by molar-refractivity contribution is 5.94. The van der Waals surface area contributed by atoms with Crippen molar-refractivity contribution in [2.24, 2.45) is 0 Å². The second-order valence-electron chi connectivity index (χ2n) is 11.0. The normalized spacial score (nSPS) is 13.8. The molecule has 43 heavy (non-hydrogen) atoms. The molecule has 1 aromatic heterocycles. The zero-order chi connectivity index (χ0) is 29.9. The summed E-state index contributed by atoms with van der Waals surface area (Å²) in [6, 6.07) is 35.3. The molecule has 0 N–H and O–H groups in total. The summed E-state index contributed by atoms with van der Waals surface area (Å²) in [5.41, 5.74) is 7.14. The molecule has 0 saturated carbocycles. The third-order valence-corrected chi connectivity index (χ3v) is 8.09. The molecule has 0 bridgehead atoms. The number of rotatable bonds is 7. The third-order valence-electron chi connectivity index (χ3n) is 8.09. The minimum atomic E-state index is -0.423. The van der Waals surface area contributed by atoms with Crippen LogP contribution in [0, 0.1) is 24.0 Å². The van der Waals surface area contributed by atoms with Crippen molar-refractivity contribution in [1.29, 1.82) is 0 Å². The Labute approximate surface area is 251 Å². The lowest BCUT2D eigenvalue weighted by Gasteiger charge is -2.39. The van der Waals surface area contributed by atoms with Gasteiger partial charge in [-0.05, 0) is 60.4 Å². The molecule has 0 spiro atoms. The number of carbonyl (C=O) groups excluding carboxylic acids is 1. The molecule has 1 aliphatic heterocycles. The first-order valence-corrected chi connectivity index (χ1v) is 14.4. The molecule has 2 heterocycles. The van der Waals surface area contributed by atoms with Gasteiger partial charge in [0.25, 0.3) is 11.6 Å². The van der Waals surface area contributed by atoms with E-state index in [1.807, 2.05) is 49.1 Å². The summed E-state index contributed by atoms with van der Waals surface area (Å²) in [6.45, 7) is 6.64. The summed E-state index contributed by atoms with van der Waals surface area (Å²) >= 11 is 0. The highest BCUT2D eigenvalue weighted by Gasteiger charge is 2.30. The fourth-order valence-electron chi connectivity index (χ4n) is 5.79. The molecule has 0 unspecified atom stereocenters. The van der Waals surface area contributed by atoms with E-state index in [1.165, 1.54) is 23.3 Å². The molecule has 0 atom stereocenters. The Morgan fingerprint density at radius 2 is 1.40 bits per heavy atom. The summed E-state index contributed by atoms with van der Waals surface area (Å²) in [5.74, 6) is -0.0859. The fraction of sp³-hybridized carbons (Fsp3) is 0.200. The molecule has 6 rings (SSSR count). The van der Waals surface area contributed by atoms with Crippen molar-refractivity contribution < 1.29 is 9.72 Å². The lowest BCUT2D eigenvalue weighted by atomic mass is 9.96. The predicted octanol–water partition coefficient (Wildman–Crippen LogP) is 6.61. The fourth-order valence-corrected chi connectivity index (χ4v) is 5.79. The second kappa shape index (κ2) is 12.0. The number of benzene rings is 4. The van der Waals surface area contributed by atoms with Gasteiger partial charge in [0.2, 0.25) is 0 Å². The van der Waals surface area contributed by atoms with Crippen LogP contribution in [0.25, 0.3) is 16.9 Å². The van der Waals surface area contributed by atoms with Crippen molar-refractivity contribution in [3.05, 3.63) is 147 Å². The van der Waals surface area contributed by atoms with E-state index in [0.29, 0.717) is 30.0 Å². The van der Waals surface area contributed by atoms with Gasteiger partial charge in [-0.1, -0.05) is 72.8 Å². The standard InChI is InChI=1S/C35H33N5O3/c1-25-13-14-26(2)32(23-25)39-33(24-31(36-39)27-15-17-30(18-16-27)40(42)43)35(41)38-21-19-37(20-22-38)34(28-9-5-3-6-10-28)29-11-7-4-8-12-29/h3-18,23-24,34H,19-22H2,1-2H3. The molecule has 0 radical (unpaired) electrons. The highest BCUT2D eigenvalue weighted by atomic mass is 16.6. The van der Waals surface area contributed by atoms with Gasteiger partial charge in [0, 0.05) is 43.9 Å². The maximum absolute atomic E-state index is 14.2. The molecule has 8 heteroatoms. The maximum atomic E-state index is 14.2. The summed E-state index contributed by atoms with van der Waals surface area (Å²) < 4.78 is 1.73. The molecule has 216 valence electrons. The van der Waals surface area contributed by atoms with E-state index in [9.17, 15) is 14.9 Å². The van der Waals surface area contributed by atoms with Gasteiger partial charge >= 0.3 is 0 Å². The molecule has 1 saturated heterocycles. The quantitative estimate of drug-likeness (QED) is 0.162. The van der Waals surface area contributed by atoms with Gasteiger partial charge in [-0.3, -0.25) is 19.8 Å². The van der Waals surface area contributed by atoms with Crippen LogP contribution in [0.3, 0.4) is 0 Å². The van der Waals surface area contributed by atoms with E-state index in [0.717, 1.165) is 29.9 Å². The molecule has 8 nitrogen and oxygen atoms in total. The van der Waals surface area contributed by atoms with E-state index in [1.54, 1.807) is 22.9 Å². The average molecular weight is 572 g/mol. The Bertz CT molecular complexity index is 1700. The van der Waals surface area contributed by atoms with Crippen molar-refractivity contribution in [3.63, 3.8) is 0 Å². The Morgan fingerprint density at radius 1 is 0.791 bits per heavy atom. The summed E-state index contributed by atoms with van der Waals surface area (Å²) in [4.78, 5) is 29.3. The Kier molecular flexibility index (Phi) is 7.85. The van der Waals surface area contributed by atoms with Gasteiger partial charge in [0.15, 0.2) is 0 Å². The largest absolute Gasteiger partial charge is 0.335 e. The lowest BCUT2D eigenvalue weighted by molar-refractivity contribution is -0.384. The van der Waals surface area contributed by atoms with E-state index in [4.69, 9.17) is 5.10 Å². The number of nitro groups is 1. The van der Waals surface area contributed by atoms with Crippen LogP contribution in [0.5, 0.6) is 0 Å². The minimum Gasteiger partial charge on any atom is -0.335 e. The minimum absolute atomic E-state index is 0.0104. The molecular formula is C35H33N5O3. The average Bonchev–Trinajstić information content (AvgIpc) is 3.49. The maximum Gasteiger partial charge on any atom is 0.272 e. The topological polar surface area (TPSA) is 84.5 Å². The van der Waals surface area contributed by atoms with Gasteiger partial charge in [-0.25, -0.2) is 4.68 Å². The lowest BCUT2D eigenvalue weighted by Crippen LogP contribution is -2.50. The zero-order valence-corrected chi connectivity index (χ0v) is 24.3. The van der Waals surface area contributed by atoms with E-state index >= 15 is 0 Å². The Balaban J connectivity index is 1.30. The van der Waals surface area contributed by atoms with E-state index < -0.39 is 4.92 Å². The van der Waals surface area contributed by atoms with Crippen molar-refractivity contribution in [2.75, 3.05) is 26.2 Å². The summed E-state index contributed by atoms with van der Waals surface area (Å²) in [6.07, 6.45) is 0. The molecular weight excluding hydrogens is 538 g/mol. The first-order valence-electron chi connectivity index (χ1n) is 14.4. The number of non-ortho nitro benzene ring substituents is 1. The van der Waals surface area contributed by atoms with Crippen molar-refractivity contribution in [1.82, 2.24) is 19.6 Å². The number of nitro benzene ring substituents is 1. The van der Waals surface area contributed by atoms with Crippen LogP contribution >= 0.6 is 0 Å². The van der Waals surface area contributed by atoms with Crippen molar-refractivity contribution in [2.45, 2.75) is 19.9 Å². The van der Waals surface area contributed by atoms with Gasteiger partial charge in [-0.2, -0.15) is 5.10 Å². The summed E-state index contributed by atoms with van der Waals surface area (Å²) in [5, 5.41) is 16.0. The number of hydrogen-bond donors (Lipinski definition) is 0. The van der Waals surface area contributed by atoms with Crippen molar-refractivity contribution >= 4 is 11.6 Å². The molecule has 1 amide bonds. The van der Waals surface area contributed by atoms with Crippen LogP contribution in [0.15, 0.2) is 109 Å². The van der Waals surface area contributed by atoms with Gasteiger partial charge in [-0.15, -0.1) is 0 Å². The van der Waals surface area contributed by atoms with Crippen molar-refractivity contribution in [3.8, 4) is 16.9 Å². The van der Waals surface area contributed by atoms with E-state index in [-0.39, 0.29) is 17.6 Å². The monoisotopic (exact) mass is 571 g/mol. The zero-order valence-electron chi connectivity index (χ0n) is 24.3. The van der Waals surface area contributed by atoms with Gasteiger partial charge < -0.3 is 4.90 Å². The smallest absolute Gasteiger partial charge is 0.272 e. The third kappa shape index (κ3) is 5.82. The second-order valence-corrected chi connectivity index (χ2v) is 11.0. The number of aromatic nitrogens is 2. The molecule has 1 fully saturated rings. The number of aryl methyl sites for hydroxylation is 2. The molecule has 4 aromatic carbocycles. The Hall–Kier alpha value is -5.08. The van der Waals surface area contributed by atoms with Gasteiger partial charge in [0.1, 0.15) is 5.69 Å².